The molecule has 0 saturated heterocycles. The topological polar surface area (TPSA) is 153 Å². The Kier molecular flexibility index (Phi) is 10.3. The fraction of sp³-hybridized carbons (Fsp3) is 0.207. The first-order chi connectivity index (χ1) is 20.6. The molecule has 0 atom stereocenters. The Hall–Kier alpha value is -4.53. The maximum atomic E-state index is 12.8. The van der Waals surface area contributed by atoms with Crippen LogP contribution in [0.1, 0.15) is 33.5 Å². The Labute approximate surface area is 253 Å². The van der Waals surface area contributed by atoms with Gasteiger partial charge in [0.2, 0.25) is 15.9 Å². The van der Waals surface area contributed by atoms with E-state index in [1.54, 1.807) is 35.8 Å². The normalized spacial score (nSPS) is 11.3. The number of benzene rings is 3. The van der Waals surface area contributed by atoms with Crippen molar-refractivity contribution in [1.82, 2.24) is 24.4 Å². The summed E-state index contributed by atoms with van der Waals surface area (Å²) < 4.78 is 32.4. The van der Waals surface area contributed by atoms with Crippen molar-refractivity contribution in [2.75, 3.05) is 31.8 Å². The SMILES string of the molecule is CCOC(=O)c1ccc(NC(=O)CSc2nnc(CNC(=O)c3ccc(S(=O)(=O)N(C)C)cc3)n2-c2ccccc2)cc1. The second kappa shape index (κ2) is 14.1. The Morgan fingerprint density at radius 3 is 2.19 bits per heavy atom. The minimum absolute atomic E-state index is 0.0258. The van der Waals surface area contributed by atoms with Gasteiger partial charge in [0.15, 0.2) is 11.0 Å². The average molecular weight is 623 g/mol. The van der Waals surface area contributed by atoms with Gasteiger partial charge in [-0.15, -0.1) is 10.2 Å². The smallest absolute Gasteiger partial charge is 0.338 e. The lowest BCUT2D eigenvalue weighted by atomic mass is 10.2. The molecule has 14 heteroatoms. The molecule has 4 aromatic rings. The Bertz CT molecular complexity index is 1690. The summed E-state index contributed by atoms with van der Waals surface area (Å²) in [5.74, 6) is -0.676. The maximum Gasteiger partial charge on any atom is 0.338 e. The highest BCUT2D eigenvalue weighted by atomic mass is 32.2. The van der Waals surface area contributed by atoms with Crippen molar-refractivity contribution in [1.29, 1.82) is 0 Å². The number of rotatable bonds is 12. The standard InChI is InChI=1S/C29H30N6O6S2/c1-4-41-28(38)21-10-14-22(15-11-21)31-26(36)19-42-29-33-32-25(35(29)23-8-6-5-7-9-23)18-30-27(37)20-12-16-24(17-13-20)43(39,40)34(2)3/h5-17H,4,18-19H2,1-3H3,(H,30,37)(H,31,36). The zero-order chi connectivity index (χ0) is 31.0. The molecular formula is C29H30N6O6S2. The summed E-state index contributed by atoms with van der Waals surface area (Å²) in [5, 5.41) is 14.5. The molecule has 0 fully saturated rings. The molecule has 2 N–H and O–H groups in total. The monoisotopic (exact) mass is 622 g/mol. The van der Waals surface area contributed by atoms with E-state index in [9.17, 15) is 22.8 Å². The number of para-hydroxylation sites is 1. The fourth-order valence-corrected chi connectivity index (χ4v) is 5.50. The zero-order valence-electron chi connectivity index (χ0n) is 23.7. The maximum absolute atomic E-state index is 12.8. The number of esters is 1. The number of aromatic nitrogens is 3. The average Bonchev–Trinajstić information content (AvgIpc) is 3.42. The summed E-state index contributed by atoms with van der Waals surface area (Å²) in [6, 6.07) is 21.3. The molecular weight excluding hydrogens is 592 g/mol. The first-order valence-electron chi connectivity index (χ1n) is 13.1. The molecule has 1 heterocycles. The summed E-state index contributed by atoms with van der Waals surface area (Å²) in [6.07, 6.45) is 0. The Morgan fingerprint density at radius 2 is 1.56 bits per heavy atom. The molecule has 0 saturated carbocycles. The van der Waals surface area contributed by atoms with Gasteiger partial charge in [0.05, 0.1) is 29.4 Å². The van der Waals surface area contributed by atoms with Crippen LogP contribution in [0.25, 0.3) is 5.69 Å². The number of ether oxygens (including phenoxy) is 1. The molecule has 2 amide bonds. The molecule has 0 bridgehead atoms. The van der Waals surface area contributed by atoms with Crippen LogP contribution in [0, 0.1) is 0 Å². The largest absolute Gasteiger partial charge is 0.462 e. The number of carbonyl (C=O) groups is 3. The van der Waals surface area contributed by atoms with Gasteiger partial charge in [-0.1, -0.05) is 30.0 Å². The van der Waals surface area contributed by atoms with Crippen LogP contribution in [0.4, 0.5) is 5.69 Å². The predicted octanol–water partition coefficient (Wildman–Crippen LogP) is 3.36. The van der Waals surface area contributed by atoms with Crippen molar-refractivity contribution in [2.45, 2.75) is 23.5 Å². The summed E-state index contributed by atoms with van der Waals surface area (Å²) in [6.45, 7) is 2.03. The van der Waals surface area contributed by atoms with Crippen molar-refractivity contribution in [3.63, 3.8) is 0 Å². The van der Waals surface area contributed by atoms with Gasteiger partial charge in [0, 0.05) is 31.0 Å². The van der Waals surface area contributed by atoms with Crippen molar-refractivity contribution in [2.24, 2.45) is 0 Å². The van der Waals surface area contributed by atoms with E-state index in [2.05, 4.69) is 20.8 Å². The summed E-state index contributed by atoms with van der Waals surface area (Å²) in [4.78, 5) is 37.4. The molecule has 0 aliphatic carbocycles. The number of nitrogens with zero attached hydrogens (tertiary/aromatic N) is 4. The molecule has 224 valence electrons. The first-order valence-corrected chi connectivity index (χ1v) is 15.5. The number of carbonyl (C=O) groups excluding carboxylic acids is 3. The number of nitrogens with one attached hydrogen (secondary N) is 2. The van der Waals surface area contributed by atoms with E-state index in [1.807, 2.05) is 30.3 Å². The van der Waals surface area contributed by atoms with Crippen LogP contribution in [-0.4, -0.2) is 71.7 Å². The van der Waals surface area contributed by atoms with E-state index in [-0.39, 0.29) is 35.3 Å². The molecule has 4 rings (SSSR count). The van der Waals surface area contributed by atoms with Crippen LogP contribution in [0.5, 0.6) is 0 Å². The predicted molar refractivity (Wildman–Crippen MR) is 162 cm³/mol. The van der Waals surface area contributed by atoms with Gasteiger partial charge in [-0.2, -0.15) is 0 Å². The fourth-order valence-electron chi connectivity index (χ4n) is 3.83. The van der Waals surface area contributed by atoms with Crippen LogP contribution >= 0.6 is 11.8 Å². The quantitative estimate of drug-likeness (QED) is 0.179. The van der Waals surface area contributed by atoms with E-state index in [4.69, 9.17) is 4.74 Å². The zero-order valence-corrected chi connectivity index (χ0v) is 25.3. The molecule has 0 aliphatic rings. The third-order valence-corrected chi connectivity index (χ3v) is 8.79. The summed E-state index contributed by atoms with van der Waals surface area (Å²) in [5.41, 5.74) is 1.94. The Morgan fingerprint density at radius 1 is 0.907 bits per heavy atom. The third-order valence-electron chi connectivity index (χ3n) is 6.03. The lowest BCUT2D eigenvalue weighted by molar-refractivity contribution is -0.113. The number of anilines is 1. The van der Waals surface area contributed by atoms with Crippen LogP contribution in [0.15, 0.2) is 88.9 Å². The molecule has 43 heavy (non-hydrogen) atoms. The minimum Gasteiger partial charge on any atom is -0.462 e. The van der Waals surface area contributed by atoms with Crippen molar-refractivity contribution < 1.29 is 27.5 Å². The highest BCUT2D eigenvalue weighted by Gasteiger charge is 2.19. The van der Waals surface area contributed by atoms with Gasteiger partial charge in [0.25, 0.3) is 5.91 Å². The number of hydrogen-bond donors (Lipinski definition) is 2. The van der Waals surface area contributed by atoms with E-state index in [1.165, 1.54) is 50.1 Å². The second-order valence-corrected chi connectivity index (χ2v) is 12.3. The Balaban J connectivity index is 1.43. The van der Waals surface area contributed by atoms with E-state index in [0.717, 1.165) is 9.99 Å². The van der Waals surface area contributed by atoms with Crippen LogP contribution in [0.3, 0.4) is 0 Å². The molecule has 0 spiro atoms. The molecule has 1 aromatic heterocycles. The van der Waals surface area contributed by atoms with Gasteiger partial charge < -0.3 is 15.4 Å². The highest BCUT2D eigenvalue weighted by Crippen LogP contribution is 2.23. The summed E-state index contributed by atoms with van der Waals surface area (Å²) in [7, 11) is -0.741. The number of hydrogen-bond acceptors (Lipinski definition) is 9. The number of amides is 2. The minimum atomic E-state index is -3.61. The lowest BCUT2D eigenvalue weighted by Gasteiger charge is -2.12. The second-order valence-electron chi connectivity index (χ2n) is 9.20. The van der Waals surface area contributed by atoms with Crippen molar-refractivity contribution in [3.8, 4) is 5.69 Å². The van der Waals surface area contributed by atoms with E-state index >= 15 is 0 Å². The lowest BCUT2D eigenvalue weighted by Crippen LogP contribution is -2.25. The van der Waals surface area contributed by atoms with Crippen LogP contribution in [0.2, 0.25) is 0 Å². The van der Waals surface area contributed by atoms with Crippen LogP contribution < -0.4 is 10.6 Å². The van der Waals surface area contributed by atoms with Gasteiger partial charge in [0.1, 0.15) is 0 Å². The van der Waals surface area contributed by atoms with Gasteiger partial charge in [-0.25, -0.2) is 17.5 Å². The van der Waals surface area contributed by atoms with Gasteiger partial charge in [-0.3, -0.25) is 14.2 Å². The van der Waals surface area contributed by atoms with Crippen LogP contribution in [-0.2, 0) is 26.1 Å². The first kappa shape index (κ1) is 31.4. The molecule has 0 aliphatic heterocycles. The molecule has 12 nitrogen and oxygen atoms in total. The van der Waals surface area contributed by atoms with E-state index in [0.29, 0.717) is 22.2 Å². The van der Waals surface area contributed by atoms with E-state index < -0.39 is 21.9 Å². The number of sulfonamides is 1. The molecule has 0 unspecified atom stereocenters. The third kappa shape index (κ3) is 7.85. The van der Waals surface area contributed by atoms with Crippen molar-refractivity contribution >= 4 is 45.3 Å². The van der Waals surface area contributed by atoms with Gasteiger partial charge >= 0.3 is 5.97 Å². The highest BCUT2D eigenvalue weighted by molar-refractivity contribution is 7.99. The molecule has 3 aromatic carbocycles. The summed E-state index contributed by atoms with van der Waals surface area (Å²) >= 11 is 1.17. The number of thioether (sulfide) groups is 1. The van der Waals surface area contributed by atoms with Gasteiger partial charge in [-0.05, 0) is 67.6 Å². The van der Waals surface area contributed by atoms with Crippen molar-refractivity contribution in [3.05, 3.63) is 95.8 Å². The molecule has 0 radical (unpaired) electrons.